The number of hydrogen-bond donors (Lipinski definition) is 2. The second-order valence-electron chi connectivity index (χ2n) is 5.45. The molecule has 1 fully saturated rings. The fourth-order valence-corrected chi connectivity index (χ4v) is 3.00. The van der Waals surface area contributed by atoms with Crippen LogP contribution in [-0.4, -0.2) is 58.6 Å². The highest BCUT2D eigenvalue weighted by molar-refractivity contribution is 6.31. The summed E-state index contributed by atoms with van der Waals surface area (Å²) in [5, 5.41) is 10.7. The summed E-state index contributed by atoms with van der Waals surface area (Å²) in [4.78, 5) is 18.3. The van der Waals surface area contributed by atoms with E-state index in [1.807, 2.05) is 29.3 Å². The molecule has 1 aromatic carbocycles. The summed E-state index contributed by atoms with van der Waals surface area (Å²) < 4.78 is 0. The van der Waals surface area contributed by atoms with E-state index in [-0.39, 0.29) is 6.54 Å². The lowest BCUT2D eigenvalue weighted by molar-refractivity contribution is -0.138. The number of aromatic amines is 1. The summed E-state index contributed by atoms with van der Waals surface area (Å²) in [5.41, 5.74) is 2.32. The van der Waals surface area contributed by atoms with Crippen molar-refractivity contribution < 1.29 is 9.90 Å². The Morgan fingerprint density at radius 2 is 1.95 bits per heavy atom. The monoisotopic (exact) mass is 307 g/mol. The van der Waals surface area contributed by atoms with Crippen LogP contribution in [0.15, 0.2) is 24.4 Å². The van der Waals surface area contributed by atoms with Crippen LogP contribution in [0.2, 0.25) is 5.02 Å². The molecule has 0 bridgehead atoms. The van der Waals surface area contributed by atoms with Gasteiger partial charge < -0.3 is 10.1 Å². The number of H-pyrrole nitrogens is 1. The number of nitrogens with zero attached hydrogens (tertiary/aromatic N) is 2. The number of fused-ring (bicyclic) bond motifs is 1. The molecule has 1 aromatic heterocycles. The minimum absolute atomic E-state index is 0.138. The summed E-state index contributed by atoms with van der Waals surface area (Å²) in [7, 11) is 0. The van der Waals surface area contributed by atoms with Crippen molar-refractivity contribution in [3.63, 3.8) is 0 Å². The van der Waals surface area contributed by atoms with Gasteiger partial charge in [-0.1, -0.05) is 17.7 Å². The van der Waals surface area contributed by atoms with Gasteiger partial charge in [0.15, 0.2) is 0 Å². The summed E-state index contributed by atoms with van der Waals surface area (Å²) in [6, 6.07) is 5.89. The molecule has 2 aromatic rings. The van der Waals surface area contributed by atoms with Gasteiger partial charge in [0.25, 0.3) is 0 Å². The smallest absolute Gasteiger partial charge is 0.317 e. The van der Waals surface area contributed by atoms with Crippen LogP contribution < -0.4 is 0 Å². The van der Waals surface area contributed by atoms with Gasteiger partial charge in [-0.2, -0.15) is 0 Å². The van der Waals surface area contributed by atoms with E-state index in [0.29, 0.717) is 0 Å². The topological polar surface area (TPSA) is 59.6 Å². The van der Waals surface area contributed by atoms with Gasteiger partial charge in [-0.25, -0.2) is 0 Å². The van der Waals surface area contributed by atoms with Crippen molar-refractivity contribution in [2.24, 2.45) is 0 Å². The molecule has 6 heteroatoms. The van der Waals surface area contributed by atoms with Crippen molar-refractivity contribution in [3.05, 3.63) is 35.0 Å². The van der Waals surface area contributed by atoms with E-state index >= 15 is 0 Å². The molecular weight excluding hydrogens is 290 g/mol. The lowest BCUT2D eigenvalue weighted by atomic mass is 10.1. The summed E-state index contributed by atoms with van der Waals surface area (Å²) in [6.07, 6.45) is 2.03. The number of carboxylic acid groups (broad SMARTS) is 1. The Balaban J connectivity index is 1.63. The van der Waals surface area contributed by atoms with Crippen molar-refractivity contribution in [2.45, 2.75) is 6.54 Å². The first-order chi connectivity index (χ1) is 10.1. The molecule has 0 aliphatic carbocycles. The zero-order valence-electron chi connectivity index (χ0n) is 11.7. The van der Waals surface area contributed by atoms with Gasteiger partial charge in [-0.3, -0.25) is 14.6 Å². The second-order valence-corrected chi connectivity index (χ2v) is 5.89. The lowest BCUT2D eigenvalue weighted by Gasteiger charge is -2.33. The van der Waals surface area contributed by atoms with Gasteiger partial charge in [-0.15, -0.1) is 0 Å². The first-order valence-corrected chi connectivity index (χ1v) is 7.41. The molecule has 5 nitrogen and oxygen atoms in total. The third-order valence-corrected chi connectivity index (χ3v) is 4.18. The minimum atomic E-state index is -0.753. The molecule has 0 saturated carbocycles. The van der Waals surface area contributed by atoms with Gasteiger partial charge in [0.1, 0.15) is 0 Å². The standard InChI is InChI=1S/C15H18ClN3O2/c16-12-1-2-13-11(8-17-14(13)7-12)9-18-3-5-19(6-4-18)10-15(20)21/h1-2,7-8,17H,3-6,9-10H2,(H,20,21). The second kappa shape index (κ2) is 6.05. The molecule has 0 unspecified atom stereocenters. The maximum atomic E-state index is 10.7. The zero-order chi connectivity index (χ0) is 14.8. The van der Waals surface area contributed by atoms with E-state index in [1.54, 1.807) is 0 Å². The van der Waals surface area contributed by atoms with Gasteiger partial charge in [0.2, 0.25) is 0 Å². The lowest BCUT2D eigenvalue weighted by Crippen LogP contribution is -2.47. The number of nitrogens with one attached hydrogen (secondary N) is 1. The highest BCUT2D eigenvalue weighted by atomic mass is 35.5. The predicted molar refractivity (Wildman–Crippen MR) is 82.7 cm³/mol. The van der Waals surface area contributed by atoms with Crippen LogP contribution in [0.4, 0.5) is 0 Å². The molecule has 2 N–H and O–H groups in total. The Kier molecular flexibility index (Phi) is 4.14. The molecule has 1 saturated heterocycles. The van der Waals surface area contributed by atoms with Crippen molar-refractivity contribution in [1.29, 1.82) is 0 Å². The van der Waals surface area contributed by atoms with E-state index in [0.717, 1.165) is 43.3 Å². The van der Waals surface area contributed by atoms with Crippen LogP contribution in [0.3, 0.4) is 0 Å². The van der Waals surface area contributed by atoms with E-state index in [4.69, 9.17) is 16.7 Å². The first-order valence-electron chi connectivity index (χ1n) is 7.04. The minimum Gasteiger partial charge on any atom is -0.480 e. The molecule has 1 aliphatic rings. The number of piperazine rings is 1. The average molecular weight is 308 g/mol. The average Bonchev–Trinajstić information content (AvgIpc) is 2.83. The van der Waals surface area contributed by atoms with Crippen LogP contribution in [-0.2, 0) is 11.3 Å². The van der Waals surface area contributed by atoms with E-state index < -0.39 is 5.97 Å². The third-order valence-electron chi connectivity index (χ3n) is 3.95. The number of rotatable bonds is 4. The molecule has 1 aliphatic heterocycles. The van der Waals surface area contributed by atoms with Gasteiger partial charge in [0, 0.05) is 54.8 Å². The Bertz CT molecular complexity index is 647. The van der Waals surface area contributed by atoms with Gasteiger partial charge in [0.05, 0.1) is 6.54 Å². The highest BCUT2D eigenvalue weighted by Crippen LogP contribution is 2.23. The van der Waals surface area contributed by atoms with Crippen molar-refractivity contribution >= 4 is 28.5 Å². The maximum Gasteiger partial charge on any atom is 0.317 e. The molecular formula is C15H18ClN3O2. The molecule has 21 heavy (non-hydrogen) atoms. The first kappa shape index (κ1) is 14.4. The zero-order valence-corrected chi connectivity index (χ0v) is 12.4. The molecule has 0 atom stereocenters. The van der Waals surface area contributed by atoms with E-state index in [2.05, 4.69) is 9.88 Å². The summed E-state index contributed by atoms with van der Waals surface area (Å²) >= 11 is 5.99. The number of carboxylic acids is 1. The van der Waals surface area contributed by atoms with E-state index in [9.17, 15) is 4.79 Å². The molecule has 0 radical (unpaired) electrons. The van der Waals surface area contributed by atoms with E-state index in [1.165, 1.54) is 10.9 Å². The molecule has 2 heterocycles. The number of halogens is 1. The van der Waals surface area contributed by atoms with Crippen LogP contribution >= 0.6 is 11.6 Å². The number of hydrogen-bond acceptors (Lipinski definition) is 3. The van der Waals surface area contributed by atoms with Crippen molar-refractivity contribution in [2.75, 3.05) is 32.7 Å². The van der Waals surface area contributed by atoms with Gasteiger partial charge >= 0.3 is 5.97 Å². The highest BCUT2D eigenvalue weighted by Gasteiger charge is 2.19. The Labute approximate surface area is 128 Å². The third kappa shape index (κ3) is 3.37. The van der Waals surface area contributed by atoms with Crippen molar-refractivity contribution in [1.82, 2.24) is 14.8 Å². The normalized spacial score (nSPS) is 17.4. The number of aromatic nitrogens is 1. The summed E-state index contributed by atoms with van der Waals surface area (Å²) in [6.45, 7) is 4.42. The van der Waals surface area contributed by atoms with Crippen LogP contribution in [0, 0.1) is 0 Å². The van der Waals surface area contributed by atoms with Gasteiger partial charge in [-0.05, 0) is 17.7 Å². The number of aliphatic carboxylic acids is 1. The largest absolute Gasteiger partial charge is 0.480 e. The Morgan fingerprint density at radius 1 is 1.24 bits per heavy atom. The molecule has 0 amide bonds. The van der Waals surface area contributed by atoms with Crippen molar-refractivity contribution in [3.8, 4) is 0 Å². The van der Waals surface area contributed by atoms with Crippen LogP contribution in [0.1, 0.15) is 5.56 Å². The Hall–Kier alpha value is -1.56. The fraction of sp³-hybridized carbons (Fsp3) is 0.400. The maximum absolute atomic E-state index is 10.7. The fourth-order valence-electron chi connectivity index (χ4n) is 2.83. The quantitative estimate of drug-likeness (QED) is 0.907. The SMILES string of the molecule is O=C(O)CN1CCN(Cc2c[nH]c3cc(Cl)ccc23)CC1. The summed E-state index contributed by atoms with van der Waals surface area (Å²) in [5.74, 6) is -0.753. The molecule has 0 spiro atoms. The van der Waals surface area contributed by atoms with Crippen LogP contribution in [0.5, 0.6) is 0 Å². The predicted octanol–water partition coefficient (Wildman–Crippen LogP) is 2.02. The molecule has 3 rings (SSSR count). The molecule has 112 valence electrons. The number of benzene rings is 1. The van der Waals surface area contributed by atoms with Crippen LogP contribution in [0.25, 0.3) is 10.9 Å². The number of carbonyl (C=O) groups is 1. The Morgan fingerprint density at radius 3 is 2.67 bits per heavy atom.